The van der Waals surface area contributed by atoms with Gasteiger partial charge in [-0.15, -0.1) is 22.9 Å². The standard InChI is InChI=1S/C20H20ClN7O3S/c1-11-14(5-13(8-23-11)26-16(29)6-21)17-18(12-7-24-27(10-12)3-4-31-2)32-20-15(19(22)30)9-25-28(17)20/h5,7-10H,3-4,6H2,1-2H3,(H2,22,30)(H,26,29). The highest BCUT2D eigenvalue weighted by Crippen LogP contribution is 2.41. The number of halogens is 1. The second-order valence-corrected chi connectivity index (χ2v) is 8.21. The molecule has 4 aromatic heterocycles. The first-order valence-corrected chi connectivity index (χ1v) is 10.9. The number of hydrogen-bond donors (Lipinski definition) is 2. The number of ether oxygens (including phenoxy) is 1. The average molecular weight is 474 g/mol. The van der Waals surface area contributed by atoms with Gasteiger partial charge in [-0.3, -0.25) is 19.3 Å². The fourth-order valence-corrected chi connectivity index (χ4v) is 4.53. The second kappa shape index (κ2) is 9.07. The molecule has 2 amide bonds. The Morgan fingerprint density at radius 3 is 2.81 bits per heavy atom. The minimum atomic E-state index is -0.562. The third-order valence-corrected chi connectivity index (χ3v) is 6.25. The van der Waals surface area contributed by atoms with Gasteiger partial charge in [0, 0.05) is 30.1 Å². The molecule has 0 aliphatic rings. The van der Waals surface area contributed by atoms with E-state index in [1.807, 2.05) is 13.1 Å². The molecule has 0 aromatic carbocycles. The number of primary amides is 1. The number of carbonyl (C=O) groups is 2. The van der Waals surface area contributed by atoms with Gasteiger partial charge in [0.25, 0.3) is 5.91 Å². The molecular weight excluding hydrogens is 454 g/mol. The Morgan fingerprint density at radius 2 is 2.09 bits per heavy atom. The number of rotatable bonds is 8. The van der Waals surface area contributed by atoms with Gasteiger partial charge in [-0.05, 0) is 13.0 Å². The van der Waals surface area contributed by atoms with E-state index in [1.54, 1.807) is 34.8 Å². The molecule has 4 rings (SSSR count). The van der Waals surface area contributed by atoms with E-state index >= 15 is 0 Å². The molecule has 0 spiro atoms. The van der Waals surface area contributed by atoms with Crippen molar-refractivity contribution < 1.29 is 14.3 Å². The van der Waals surface area contributed by atoms with Crippen LogP contribution in [-0.4, -0.2) is 55.8 Å². The van der Waals surface area contributed by atoms with Gasteiger partial charge < -0.3 is 15.8 Å². The van der Waals surface area contributed by atoms with Crippen LogP contribution < -0.4 is 11.1 Å². The largest absolute Gasteiger partial charge is 0.383 e. The summed E-state index contributed by atoms with van der Waals surface area (Å²) in [6.45, 7) is 2.98. The molecular formula is C20H20ClN7O3S. The summed E-state index contributed by atoms with van der Waals surface area (Å²) in [5, 5.41) is 11.5. The molecule has 0 bridgehead atoms. The molecule has 32 heavy (non-hydrogen) atoms. The molecule has 0 atom stereocenters. The molecule has 0 aliphatic carbocycles. The fraction of sp³-hybridized carbons (Fsp3) is 0.250. The molecule has 0 unspecified atom stereocenters. The molecule has 0 saturated heterocycles. The highest BCUT2D eigenvalue weighted by molar-refractivity contribution is 7.21. The van der Waals surface area contributed by atoms with Gasteiger partial charge in [0.15, 0.2) is 0 Å². The number of nitrogens with one attached hydrogen (secondary N) is 1. The Kier molecular flexibility index (Phi) is 6.21. The quantitative estimate of drug-likeness (QED) is 0.378. The van der Waals surface area contributed by atoms with Crippen molar-refractivity contribution in [1.29, 1.82) is 0 Å². The fourth-order valence-electron chi connectivity index (χ4n) is 3.26. The number of carbonyl (C=O) groups excluding carboxylic acids is 2. The van der Waals surface area contributed by atoms with Crippen LogP contribution in [0.3, 0.4) is 0 Å². The summed E-state index contributed by atoms with van der Waals surface area (Å²) in [5.41, 5.74) is 9.40. The lowest BCUT2D eigenvalue weighted by Crippen LogP contribution is -2.13. The first kappa shape index (κ1) is 21.9. The number of fused-ring (bicyclic) bond motifs is 1. The van der Waals surface area contributed by atoms with Crippen molar-refractivity contribution in [3.05, 3.63) is 42.1 Å². The summed E-state index contributed by atoms with van der Waals surface area (Å²) in [7, 11) is 1.63. The number of alkyl halides is 1. The summed E-state index contributed by atoms with van der Waals surface area (Å²) in [4.78, 5) is 29.6. The number of amides is 2. The topological polar surface area (TPSA) is 129 Å². The second-order valence-electron chi connectivity index (χ2n) is 6.94. The predicted octanol–water partition coefficient (Wildman–Crippen LogP) is 2.55. The Morgan fingerprint density at radius 1 is 1.28 bits per heavy atom. The van der Waals surface area contributed by atoms with Crippen molar-refractivity contribution in [2.24, 2.45) is 5.73 Å². The Hall–Kier alpha value is -3.28. The van der Waals surface area contributed by atoms with Gasteiger partial charge in [-0.2, -0.15) is 10.2 Å². The summed E-state index contributed by atoms with van der Waals surface area (Å²) in [6, 6.07) is 1.80. The first-order chi connectivity index (χ1) is 15.4. The zero-order valence-electron chi connectivity index (χ0n) is 17.3. The van der Waals surface area contributed by atoms with Gasteiger partial charge >= 0.3 is 0 Å². The van der Waals surface area contributed by atoms with E-state index in [1.165, 1.54) is 17.5 Å². The molecule has 4 heterocycles. The van der Waals surface area contributed by atoms with Crippen LogP contribution >= 0.6 is 22.9 Å². The van der Waals surface area contributed by atoms with E-state index in [9.17, 15) is 9.59 Å². The molecule has 3 N–H and O–H groups in total. The number of nitrogens with two attached hydrogens (primary N) is 1. The van der Waals surface area contributed by atoms with E-state index in [-0.39, 0.29) is 11.8 Å². The third kappa shape index (κ3) is 4.09. The van der Waals surface area contributed by atoms with E-state index in [0.29, 0.717) is 29.2 Å². The predicted molar refractivity (Wildman–Crippen MR) is 122 cm³/mol. The molecule has 12 heteroatoms. The maximum atomic E-state index is 11.9. The number of thiazole rings is 1. The van der Waals surface area contributed by atoms with Gasteiger partial charge in [-0.1, -0.05) is 0 Å². The number of hydrogen-bond acceptors (Lipinski definition) is 7. The molecule has 0 aliphatic heterocycles. The first-order valence-electron chi connectivity index (χ1n) is 9.57. The lowest BCUT2D eigenvalue weighted by molar-refractivity contribution is -0.113. The Labute approximate surface area is 192 Å². The molecule has 166 valence electrons. The number of pyridine rings is 1. The molecule has 4 aromatic rings. The minimum Gasteiger partial charge on any atom is -0.383 e. The van der Waals surface area contributed by atoms with E-state index in [2.05, 4.69) is 20.5 Å². The van der Waals surface area contributed by atoms with Crippen molar-refractivity contribution in [1.82, 2.24) is 24.4 Å². The Balaban J connectivity index is 1.91. The number of nitrogens with zero attached hydrogens (tertiary/aromatic N) is 5. The van der Waals surface area contributed by atoms with Gasteiger partial charge in [-0.25, -0.2) is 4.52 Å². The number of anilines is 1. The monoisotopic (exact) mass is 473 g/mol. The van der Waals surface area contributed by atoms with Crippen molar-refractivity contribution >= 4 is 45.3 Å². The minimum absolute atomic E-state index is 0.168. The van der Waals surface area contributed by atoms with Crippen LogP contribution in [0.5, 0.6) is 0 Å². The van der Waals surface area contributed by atoms with Crippen molar-refractivity contribution in [3.63, 3.8) is 0 Å². The number of methoxy groups -OCH3 is 1. The summed E-state index contributed by atoms with van der Waals surface area (Å²) < 4.78 is 8.58. The molecule has 0 saturated carbocycles. The molecule has 0 radical (unpaired) electrons. The highest BCUT2D eigenvalue weighted by atomic mass is 35.5. The van der Waals surface area contributed by atoms with Crippen LogP contribution in [0.15, 0.2) is 30.9 Å². The van der Waals surface area contributed by atoms with Crippen molar-refractivity contribution in [2.45, 2.75) is 13.5 Å². The van der Waals surface area contributed by atoms with Crippen LogP contribution in [0.1, 0.15) is 16.1 Å². The normalized spacial score (nSPS) is 11.2. The van der Waals surface area contributed by atoms with Gasteiger partial charge in [0.1, 0.15) is 10.7 Å². The SMILES string of the molecule is COCCn1cc(-c2sc3c(C(N)=O)cnn3c2-c2cc(NC(=O)CCl)cnc2C)cn1. The van der Waals surface area contributed by atoms with E-state index < -0.39 is 5.91 Å². The van der Waals surface area contributed by atoms with Crippen LogP contribution in [0.25, 0.3) is 26.5 Å². The lowest BCUT2D eigenvalue weighted by atomic mass is 10.1. The number of aryl methyl sites for hydroxylation is 1. The molecule has 0 fully saturated rings. The zero-order chi connectivity index (χ0) is 22.8. The van der Waals surface area contributed by atoms with Crippen LogP contribution in [0.4, 0.5) is 5.69 Å². The smallest absolute Gasteiger partial charge is 0.253 e. The summed E-state index contributed by atoms with van der Waals surface area (Å²) in [6.07, 6.45) is 6.66. The summed E-state index contributed by atoms with van der Waals surface area (Å²) >= 11 is 7.00. The summed E-state index contributed by atoms with van der Waals surface area (Å²) in [5.74, 6) is -1.07. The van der Waals surface area contributed by atoms with Crippen LogP contribution in [-0.2, 0) is 16.1 Å². The van der Waals surface area contributed by atoms with Crippen LogP contribution in [0, 0.1) is 6.92 Å². The van der Waals surface area contributed by atoms with E-state index in [0.717, 1.165) is 27.4 Å². The van der Waals surface area contributed by atoms with Gasteiger partial charge in [0.2, 0.25) is 5.91 Å². The Bertz CT molecular complexity index is 1310. The third-order valence-electron chi connectivity index (χ3n) is 4.78. The average Bonchev–Trinajstić information content (AvgIpc) is 3.48. The van der Waals surface area contributed by atoms with Gasteiger partial charge in [0.05, 0.1) is 53.6 Å². The highest BCUT2D eigenvalue weighted by Gasteiger charge is 2.24. The lowest BCUT2D eigenvalue weighted by Gasteiger charge is -2.10. The van der Waals surface area contributed by atoms with Crippen LogP contribution in [0.2, 0.25) is 0 Å². The maximum Gasteiger partial charge on any atom is 0.253 e. The number of aromatic nitrogens is 5. The zero-order valence-corrected chi connectivity index (χ0v) is 18.9. The maximum absolute atomic E-state index is 11.9. The van der Waals surface area contributed by atoms with Crippen molar-refractivity contribution in [3.8, 4) is 21.7 Å². The van der Waals surface area contributed by atoms with E-state index in [4.69, 9.17) is 22.1 Å². The molecule has 10 nitrogen and oxygen atoms in total. The van der Waals surface area contributed by atoms with Crippen molar-refractivity contribution in [2.75, 3.05) is 24.9 Å².